The Bertz CT molecular complexity index is 369. The second kappa shape index (κ2) is 32.3. The SMILES string of the molecule is CCCCCCCCCCCCCC(=O)OC(=O)CCCCCCCCCCCCC.[AlH3].[Zn]. The number of esters is 2. The number of carbonyl (C=O) groups is 2. The summed E-state index contributed by atoms with van der Waals surface area (Å²) in [7, 11) is 0. The molecule has 0 radical (unpaired) electrons. The van der Waals surface area contributed by atoms with Gasteiger partial charge in [0.25, 0.3) is 0 Å². The third kappa shape index (κ3) is 32.3. The molecule has 0 unspecified atom stereocenters. The van der Waals surface area contributed by atoms with Crippen molar-refractivity contribution in [2.75, 3.05) is 0 Å². The van der Waals surface area contributed by atoms with Gasteiger partial charge in [0.05, 0.1) is 0 Å². The number of carbonyl (C=O) groups excluding carboxylic acids is 2. The minimum absolute atomic E-state index is 0. The number of ether oxygens (including phenoxy) is 1. The molecule has 0 saturated heterocycles. The van der Waals surface area contributed by atoms with Crippen LogP contribution in [0.1, 0.15) is 168 Å². The van der Waals surface area contributed by atoms with Crippen molar-refractivity contribution in [1.29, 1.82) is 0 Å². The Morgan fingerprint density at radius 3 is 0.879 bits per heavy atom. The predicted molar refractivity (Wildman–Crippen MR) is 143 cm³/mol. The van der Waals surface area contributed by atoms with Gasteiger partial charge in [0, 0.05) is 32.3 Å². The minimum atomic E-state index is -0.330. The van der Waals surface area contributed by atoms with Crippen molar-refractivity contribution in [2.24, 2.45) is 0 Å². The van der Waals surface area contributed by atoms with Gasteiger partial charge in [0.15, 0.2) is 17.4 Å². The quantitative estimate of drug-likeness (QED) is 0.0542. The molecule has 0 aliphatic carbocycles. The molecule has 0 rings (SSSR count). The maximum absolute atomic E-state index is 11.8. The molecule has 0 atom stereocenters. The van der Waals surface area contributed by atoms with E-state index in [4.69, 9.17) is 4.74 Å². The van der Waals surface area contributed by atoms with Gasteiger partial charge in [-0.3, -0.25) is 9.59 Å². The third-order valence-corrected chi connectivity index (χ3v) is 6.20. The van der Waals surface area contributed by atoms with Crippen LogP contribution in [0.5, 0.6) is 0 Å². The van der Waals surface area contributed by atoms with Crippen molar-refractivity contribution >= 4 is 29.3 Å². The average molecular weight is 534 g/mol. The molecule has 0 heterocycles. The fraction of sp³-hybridized carbons (Fsp3) is 0.929. The first-order valence-electron chi connectivity index (χ1n) is 13.9. The van der Waals surface area contributed by atoms with Crippen LogP contribution in [0.2, 0.25) is 0 Å². The molecule has 0 aromatic rings. The molecular weight excluding hydrogens is 477 g/mol. The van der Waals surface area contributed by atoms with Crippen LogP contribution in [0.15, 0.2) is 0 Å². The normalized spacial score (nSPS) is 10.4. The summed E-state index contributed by atoms with van der Waals surface area (Å²) in [4.78, 5) is 23.5. The van der Waals surface area contributed by atoms with Crippen molar-refractivity contribution in [3.05, 3.63) is 0 Å². The number of rotatable bonds is 24. The topological polar surface area (TPSA) is 43.4 Å². The maximum Gasteiger partial charge on any atom is 0.313 e. The molecule has 0 N–H and O–H groups in total. The zero-order valence-corrected chi connectivity index (χ0v) is 24.9. The summed E-state index contributed by atoms with van der Waals surface area (Å²) < 4.78 is 4.96. The van der Waals surface area contributed by atoms with Gasteiger partial charge in [0.2, 0.25) is 0 Å². The molecule has 0 bridgehead atoms. The maximum atomic E-state index is 11.8. The molecule has 0 fully saturated rings. The van der Waals surface area contributed by atoms with E-state index in [9.17, 15) is 9.59 Å². The van der Waals surface area contributed by atoms with E-state index in [0.717, 1.165) is 25.7 Å². The third-order valence-electron chi connectivity index (χ3n) is 6.20. The Labute approximate surface area is 230 Å². The van der Waals surface area contributed by atoms with Gasteiger partial charge in [-0.25, -0.2) is 0 Å². The van der Waals surface area contributed by atoms with E-state index in [1.807, 2.05) is 0 Å². The van der Waals surface area contributed by atoms with Gasteiger partial charge in [-0.2, -0.15) is 0 Å². The fourth-order valence-corrected chi connectivity index (χ4v) is 4.10. The van der Waals surface area contributed by atoms with E-state index in [0.29, 0.717) is 12.8 Å². The van der Waals surface area contributed by atoms with E-state index in [1.54, 1.807) is 0 Å². The van der Waals surface area contributed by atoms with Crippen LogP contribution in [-0.4, -0.2) is 29.3 Å². The van der Waals surface area contributed by atoms with Crippen LogP contribution in [0.4, 0.5) is 0 Å². The average Bonchev–Trinajstić information content (AvgIpc) is 2.75. The van der Waals surface area contributed by atoms with Crippen molar-refractivity contribution < 1.29 is 33.8 Å². The number of unbranched alkanes of at least 4 members (excludes halogenated alkanes) is 20. The zero-order valence-electron chi connectivity index (χ0n) is 21.9. The van der Waals surface area contributed by atoms with Gasteiger partial charge in [-0.1, -0.05) is 142 Å². The van der Waals surface area contributed by atoms with Gasteiger partial charge in [-0.05, 0) is 12.8 Å². The summed E-state index contributed by atoms with van der Waals surface area (Å²) >= 11 is 0. The molecule has 3 nitrogen and oxygen atoms in total. The Balaban J connectivity index is -0.00000450. The molecule has 0 spiro atoms. The first-order valence-corrected chi connectivity index (χ1v) is 13.9. The molecule has 5 heteroatoms. The molecule has 0 aliphatic heterocycles. The summed E-state index contributed by atoms with van der Waals surface area (Å²) in [6.45, 7) is 4.51. The fourth-order valence-electron chi connectivity index (χ4n) is 4.10. The molecule has 192 valence electrons. The largest absolute Gasteiger partial charge is 0.393 e. The van der Waals surface area contributed by atoms with Crippen molar-refractivity contribution in [1.82, 2.24) is 0 Å². The van der Waals surface area contributed by atoms with Crippen LogP contribution in [0.3, 0.4) is 0 Å². The van der Waals surface area contributed by atoms with E-state index in [1.165, 1.54) is 116 Å². The van der Waals surface area contributed by atoms with Crippen LogP contribution < -0.4 is 0 Å². The first-order chi connectivity index (χ1) is 15.2. The Morgan fingerprint density at radius 2 is 0.636 bits per heavy atom. The predicted octanol–water partition coefficient (Wildman–Crippen LogP) is 8.27. The van der Waals surface area contributed by atoms with Crippen LogP contribution in [0.25, 0.3) is 0 Å². The molecule has 0 saturated carbocycles. The van der Waals surface area contributed by atoms with Crippen molar-refractivity contribution in [3.63, 3.8) is 0 Å². The Kier molecular flexibility index (Phi) is 37.0. The zero-order chi connectivity index (χ0) is 22.8. The second-order valence-corrected chi connectivity index (χ2v) is 9.42. The number of hydrogen-bond acceptors (Lipinski definition) is 3. The summed E-state index contributed by atoms with van der Waals surface area (Å²) in [5.41, 5.74) is 0. The summed E-state index contributed by atoms with van der Waals surface area (Å²) in [5.74, 6) is -0.659. The molecule has 0 aromatic carbocycles. The molecule has 0 amide bonds. The van der Waals surface area contributed by atoms with Crippen molar-refractivity contribution in [3.8, 4) is 0 Å². The van der Waals surface area contributed by atoms with E-state index in [-0.39, 0.29) is 48.8 Å². The Hall–Kier alpha value is 0.296. The first kappa shape index (κ1) is 37.8. The summed E-state index contributed by atoms with van der Waals surface area (Å²) in [5, 5.41) is 0. The van der Waals surface area contributed by atoms with Gasteiger partial charge in [0.1, 0.15) is 0 Å². The minimum Gasteiger partial charge on any atom is -0.393 e. The van der Waals surface area contributed by atoms with Crippen LogP contribution in [0, 0.1) is 0 Å². The van der Waals surface area contributed by atoms with E-state index in [2.05, 4.69) is 13.8 Å². The second-order valence-electron chi connectivity index (χ2n) is 9.42. The Morgan fingerprint density at radius 1 is 0.424 bits per heavy atom. The standard InChI is InChI=1S/C28H54O3.Al.Zn.3H/c1-3-5-7-9-11-13-15-17-19-21-23-25-27(29)31-28(30)26-24-22-20-18-16-14-12-10-8-6-4-2;;;;;/h3-26H2,1-2H3;;;;;. The smallest absolute Gasteiger partial charge is 0.313 e. The molecule has 0 aliphatic rings. The van der Waals surface area contributed by atoms with E-state index < -0.39 is 0 Å². The molecule has 33 heavy (non-hydrogen) atoms. The monoisotopic (exact) mass is 532 g/mol. The summed E-state index contributed by atoms with van der Waals surface area (Å²) in [6.07, 6.45) is 28.5. The molecular formula is C28H57AlO3Zn. The van der Waals surface area contributed by atoms with Gasteiger partial charge < -0.3 is 4.74 Å². The van der Waals surface area contributed by atoms with Gasteiger partial charge >= 0.3 is 11.9 Å². The van der Waals surface area contributed by atoms with Crippen LogP contribution in [-0.2, 0) is 33.8 Å². The van der Waals surface area contributed by atoms with E-state index >= 15 is 0 Å². The van der Waals surface area contributed by atoms with Gasteiger partial charge in [-0.15, -0.1) is 0 Å². The van der Waals surface area contributed by atoms with Crippen LogP contribution >= 0.6 is 0 Å². The van der Waals surface area contributed by atoms with Crippen molar-refractivity contribution in [2.45, 2.75) is 168 Å². The molecule has 0 aromatic heterocycles. The summed E-state index contributed by atoms with van der Waals surface area (Å²) in [6, 6.07) is 0. The number of hydrogen-bond donors (Lipinski definition) is 0.